The Morgan fingerprint density at radius 3 is 2.38 bits per heavy atom. The number of carbonyl (C=O) groups excluding carboxylic acids is 2. The number of aryl methyl sites for hydroxylation is 1. The number of benzene rings is 1. The van der Waals surface area contributed by atoms with Gasteiger partial charge in [0, 0.05) is 5.56 Å². The van der Waals surface area contributed by atoms with E-state index in [-0.39, 0.29) is 17.7 Å². The van der Waals surface area contributed by atoms with Crippen molar-refractivity contribution >= 4 is 39.9 Å². The minimum absolute atomic E-state index is 0.0427. The van der Waals surface area contributed by atoms with Gasteiger partial charge in [0.15, 0.2) is 0 Å². The summed E-state index contributed by atoms with van der Waals surface area (Å²) in [6.07, 6.45) is 0.736. The van der Waals surface area contributed by atoms with E-state index in [0.29, 0.717) is 5.13 Å². The minimum atomic E-state index is -0.705. The number of anilines is 1. The van der Waals surface area contributed by atoms with Gasteiger partial charge in [0.25, 0.3) is 0 Å². The average Bonchev–Trinajstić information content (AvgIpc) is 3.07. The first-order chi connectivity index (χ1) is 12.3. The first-order valence-corrected chi connectivity index (χ1v) is 9.73. The number of hydrogen-bond donors (Lipinski definition) is 2. The summed E-state index contributed by atoms with van der Waals surface area (Å²) in [7, 11) is 0. The van der Waals surface area contributed by atoms with Crippen LogP contribution in [0.3, 0.4) is 0 Å². The van der Waals surface area contributed by atoms with Crippen LogP contribution in [0.4, 0.5) is 5.13 Å². The minimum Gasteiger partial charge on any atom is -0.343 e. The van der Waals surface area contributed by atoms with Crippen LogP contribution in [-0.4, -0.2) is 33.4 Å². The van der Waals surface area contributed by atoms with Gasteiger partial charge < -0.3 is 5.32 Å². The van der Waals surface area contributed by atoms with Crippen molar-refractivity contribution < 1.29 is 9.59 Å². The van der Waals surface area contributed by atoms with E-state index < -0.39 is 11.4 Å². The second-order valence-electron chi connectivity index (χ2n) is 6.26. The second kappa shape index (κ2) is 9.09. The third-order valence-electron chi connectivity index (χ3n) is 4.11. The first kappa shape index (κ1) is 20.3. The van der Waals surface area contributed by atoms with Crippen LogP contribution in [0, 0.1) is 12.8 Å². The lowest BCUT2D eigenvalue weighted by atomic mass is 9.98. The average molecular weight is 395 g/mol. The highest BCUT2D eigenvalue weighted by molar-refractivity contribution is 7.18. The predicted molar refractivity (Wildman–Crippen MR) is 105 cm³/mol. The van der Waals surface area contributed by atoms with Crippen molar-refractivity contribution in [2.24, 2.45) is 5.92 Å². The van der Waals surface area contributed by atoms with E-state index in [1.54, 1.807) is 6.92 Å². The molecule has 2 amide bonds. The van der Waals surface area contributed by atoms with Crippen LogP contribution < -0.4 is 10.6 Å². The summed E-state index contributed by atoms with van der Waals surface area (Å²) in [6, 6.07) is 7.24. The van der Waals surface area contributed by atoms with Gasteiger partial charge >= 0.3 is 0 Å². The van der Waals surface area contributed by atoms with Gasteiger partial charge in [-0.15, -0.1) is 21.8 Å². The van der Waals surface area contributed by atoms with E-state index in [4.69, 9.17) is 11.6 Å². The summed E-state index contributed by atoms with van der Waals surface area (Å²) in [6.45, 7) is 7.45. The number of nitrogens with one attached hydrogen (secondary N) is 2. The molecule has 0 aliphatic rings. The molecule has 0 saturated carbocycles. The van der Waals surface area contributed by atoms with Crippen molar-refractivity contribution in [3.63, 3.8) is 0 Å². The summed E-state index contributed by atoms with van der Waals surface area (Å²) < 4.78 is 0. The summed E-state index contributed by atoms with van der Waals surface area (Å²) >= 11 is 7.09. The van der Waals surface area contributed by atoms with Gasteiger partial charge in [-0.2, -0.15) is 0 Å². The molecule has 140 valence electrons. The molecule has 0 aliphatic heterocycles. The molecule has 0 saturated heterocycles. The van der Waals surface area contributed by atoms with Crippen LogP contribution in [0.1, 0.15) is 32.8 Å². The largest absolute Gasteiger partial charge is 0.343 e. The van der Waals surface area contributed by atoms with Crippen LogP contribution in [0.15, 0.2) is 24.3 Å². The van der Waals surface area contributed by atoms with E-state index in [0.717, 1.165) is 22.6 Å². The van der Waals surface area contributed by atoms with Crippen LogP contribution in [-0.2, 0) is 9.59 Å². The molecule has 0 bridgehead atoms. The van der Waals surface area contributed by atoms with Crippen molar-refractivity contribution in [2.75, 3.05) is 5.32 Å². The summed E-state index contributed by atoms with van der Waals surface area (Å²) in [4.78, 5) is 24.5. The zero-order valence-electron chi connectivity index (χ0n) is 15.2. The van der Waals surface area contributed by atoms with Crippen molar-refractivity contribution in [2.45, 2.75) is 45.5 Å². The molecule has 2 N–H and O–H groups in total. The van der Waals surface area contributed by atoms with Gasteiger partial charge in [-0.05, 0) is 19.8 Å². The maximum Gasteiger partial charge on any atom is 0.249 e. The molecule has 0 unspecified atom stereocenters. The first-order valence-electron chi connectivity index (χ1n) is 8.47. The highest BCUT2D eigenvalue weighted by Crippen LogP contribution is 2.26. The molecule has 6 nitrogen and oxygen atoms in total. The lowest BCUT2D eigenvalue weighted by molar-refractivity contribution is -0.127. The number of hydrogen-bond acceptors (Lipinski definition) is 5. The quantitative estimate of drug-likeness (QED) is 0.702. The summed E-state index contributed by atoms with van der Waals surface area (Å²) in [5.41, 5.74) is 2.10. The summed E-state index contributed by atoms with van der Waals surface area (Å²) in [5, 5.41) is 14.0. The topological polar surface area (TPSA) is 84.0 Å². The third-order valence-corrected chi connectivity index (χ3v) is 5.19. The number of halogens is 1. The number of rotatable bonds is 7. The highest BCUT2D eigenvalue weighted by Gasteiger charge is 2.28. The Morgan fingerprint density at radius 1 is 1.15 bits per heavy atom. The zero-order chi connectivity index (χ0) is 19.3. The Morgan fingerprint density at radius 2 is 1.81 bits per heavy atom. The normalized spacial score (nSPS) is 14.3. The zero-order valence-corrected chi connectivity index (χ0v) is 16.8. The molecular weight excluding hydrogens is 372 g/mol. The van der Waals surface area contributed by atoms with E-state index in [9.17, 15) is 9.59 Å². The Hall–Kier alpha value is -1.99. The molecule has 0 radical (unpaired) electrons. The fourth-order valence-corrected chi connectivity index (χ4v) is 3.05. The fraction of sp³-hybridized carbons (Fsp3) is 0.444. The van der Waals surface area contributed by atoms with Gasteiger partial charge in [-0.1, -0.05) is 61.4 Å². The Bertz CT molecular complexity index is 761. The molecule has 1 aromatic carbocycles. The molecule has 0 fully saturated rings. The van der Waals surface area contributed by atoms with Gasteiger partial charge in [-0.25, -0.2) is 0 Å². The number of nitrogens with zero attached hydrogens (tertiary/aromatic N) is 2. The van der Waals surface area contributed by atoms with Crippen LogP contribution in [0.5, 0.6) is 0 Å². The van der Waals surface area contributed by atoms with E-state index >= 15 is 0 Å². The Labute approximate surface area is 162 Å². The third kappa shape index (κ3) is 5.25. The molecular formula is C18H23ClN4O2S. The molecule has 1 heterocycles. The Balaban J connectivity index is 2.11. The number of aromatic nitrogens is 2. The molecule has 0 spiro atoms. The Kier molecular flexibility index (Phi) is 7.11. The van der Waals surface area contributed by atoms with Crippen LogP contribution in [0.2, 0.25) is 0 Å². The van der Waals surface area contributed by atoms with Crippen molar-refractivity contribution in [3.8, 4) is 10.6 Å². The lowest BCUT2D eigenvalue weighted by Crippen LogP contribution is -2.49. The van der Waals surface area contributed by atoms with Crippen molar-refractivity contribution in [1.29, 1.82) is 0 Å². The maximum atomic E-state index is 12.6. The SMILES string of the molecule is CC[C@@H](C)[C@@H](NC(=O)[C@@H](C)Cl)C(=O)Nc1nnc(-c2ccc(C)cc2)s1. The van der Waals surface area contributed by atoms with Gasteiger partial charge in [0.2, 0.25) is 16.9 Å². The monoisotopic (exact) mass is 394 g/mol. The number of carbonyl (C=O) groups is 2. The maximum absolute atomic E-state index is 12.6. The molecule has 0 aliphatic carbocycles. The van der Waals surface area contributed by atoms with E-state index in [2.05, 4.69) is 20.8 Å². The van der Waals surface area contributed by atoms with Crippen molar-refractivity contribution in [1.82, 2.24) is 15.5 Å². The van der Waals surface area contributed by atoms with Crippen LogP contribution in [0.25, 0.3) is 10.6 Å². The van der Waals surface area contributed by atoms with E-state index in [1.165, 1.54) is 11.3 Å². The number of alkyl halides is 1. The lowest BCUT2D eigenvalue weighted by Gasteiger charge is -2.23. The molecule has 8 heteroatoms. The molecule has 26 heavy (non-hydrogen) atoms. The van der Waals surface area contributed by atoms with Crippen molar-refractivity contribution in [3.05, 3.63) is 29.8 Å². The smallest absolute Gasteiger partial charge is 0.249 e. The van der Waals surface area contributed by atoms with Gasteiger partial charge in [-0.3, -0.25) is 14.9 Å². The highest BCUT2D eigenvalue weighted by atomic mass is 35.5. The molecule has 3 atom stereocenters. The van der Waals surface area contributed by atoms with Crippen LogP contribution >= 0.6 is 22.9 Å². The molecule has 2 rings (SSSR count). The fourth-order valence-electron chi connectivity index (χ4n) is 2.24. The van der Waals surface area contributed by atoms with Gasteiger partial charge in [0.1, 0.15) is 16.4 Å². The molecule has 2 aromatic rings. The standard InChI is InChI=1S/C18H23ClN4O2S/c1-5-11(3)14(20-15(24)12(4)19)16(25)21-18-23-22-17(26-18)13-8-6-10(2)7-9-13/h6-9,11-12,14H,5H2,1-4H3,(H,20,24)(H,21,23,25)/t11-,12-,14-/m1/s1. The van der Waals surface area contributed by atoms with Gasteiger partial charge in [0.05, 0.1) is 0 Å². The number of amides is 2. The molecule has 1 aromatic heterocycles. The van der Waals surface area contributed by atoms with E-state index in [1.807, 2.05) is 45.0 Å². The summed E-state index contributed by atoms with van der Waals surface area (Å²) in [5.74, 6) is -0.736. The predicted octanol–water partition coefficient (Wildman–Crippen LogP) is 3.61. The second-order valence-corrected chi connectivity index (χ2v) is 7.89.